The molecule has 2 N–H and O–H groups in total. The number of aryl methyl sites for hydroxylation is 1. The monoisotopic (exact) mass is 519 g/mol. The van der Waals surface area contributed by atoms with E-state index < -0.39 is 15.6 Å². The Bertz CT molecular complexity index is 1390. The van der Waals surface area contributed by atoms with Crippen LogP contribution < -0.4 is 10.0 Å². The van der Waals surface area contributed by atoms with Crippen LogP contribution in [0, 0.1) is 0 Å². The summed E-state index contributed by atoms with van der Waals surface area (Å²) in [5.41, 5.74) is 2.70. The Morgan fingerprint density at radius 2 is 1.91 bits per heavy atom. The van der Waals surface area contributed by atoms with E-state index in [4.69, 9.17) is 16.7 Å². The van der Waals surface area contributed by atoms with Crippen LogP contribution in [0.5, 0.6) is 0 Å². The number of carbonyl (C=O) groups is 1. The molecule has 5 rings (SSSR count). The SMILES string of the molecule is NS(=O)(=O)N1CCC2(CC1)C(=O)N(Cc1cc3cc(Cl)ccc3n1CCCCF)c1cnccc12. The number of amides is 1. The van der Waals surface area contributed by atoms with E-state index in [-0.39, 0.29) is 25.7 Å². The highest BCUT2D eigenvalue weighted by atomic mass is 35.5. The van der Waals surface area contributed by atoms with Gasteiger partial charge in [0, 0.05) is 47.5 Å². The highest BCUT2D eigenvalue weighted by Crippen LogP contribution is 2.48. The Labute approximate surface area is 208 Å². The van der Waals surface area contributed by atoms with Gasteiger partial charge in [0.1, 0.15) is 0 Å². The minimum absolute atomic E-state index is 0.0619. The van der Waals surface area contributed by atoms with Gasteiger partial charge in [0.15, 0.2) is 0 Å². The van der Waals surface area contributed by atoms with Crippen LogP contribution in [0.25, 0.3) is 10.9 Å². The summed E-state index contributed by atoms with van der Waals surface area (Å²) in [7, 11) is -3.81. The molecule has 1 aromatic carbocycles. The second-order valence-corrected chi connectivity index (χ2v) is 11.2. The molecule has 0 radical (unpaired) electrons. The summed E-state index contributed by atoms with van der Waals surface area (Å²) in [6.07, 6.45) is 5.21. The number of halogens is 2. The number of rotatable bonds is 7. The first-order valence-corrected chi connectivity index (χ1v) is 13.5. The molecular weight excluding hydrogens is 493 g/mol. The lowest BCUT2D eigenvalue weighted by Crippen LogP contribution is -2.51. The highest BCUT2D eigenvalue weighted by molar-refractivity contribution is 7.86. The van der Waals surface area contributed by atoms with Gasteiger partial charge in [0.05, 0.1) is 30.5 Å². The van der Waals surface area contributed by atoms with Crippen molar-refractivity contribution in [3.8, 4) is 0 Å². The number of aromatic nitrogens is 2. The predicted molar refractivity (Wildman–Crippen MR) is 133 cm³/mol. The van der Waals surface area contributed by atoms with E-state index in [1.54, 1.807) is 17.3 Å². The zero-order chi connectivity index (χ0) is 24.8. The lowest BCUT2D eigenvalue weighted by atomic mass is 9.74. The fourth-order valence-electron chi connectivity index (χ4n) is 5.47. The van der Waals surface area contributed by atoms with E-state index in [0.717, 1.165) is 27.8 Å². The van der Waals surface area contributed by atoms with E-state index in [0.29, 0.717) is 43.8 Å². The van der Waals surface area contributed by atoms with E-state index in [1.165, 1.54) is 4.31 Å². The van der Waals surface area contributed by atoms with Crippen LogP contribution in [0.3, 0.4) is 0 Å². The molecule has 0 saturated carbocycles. The molecule has 0 unspecified atom stereocenters. The minimum Gasteiger partial charge on any atom is -0.343 e. The molecule has 35 heavy (non-hydrogen) atoms. The molecule has 2 aliphatic heterocycles. The summed E-state index contributed by atoms with van der Waals surface area (Å²) >= 11 is 6.22. The van der Waals surface area contributed by atoms with Crippen molar-refractivity contribution in [1.29, 1.82) is 0 Å². The smallest absolute Gasteiger partial charge is 0.276 e. The standard InChI is InChI=1S/C24H27ClFN5O3S/c25-18-3-4-21-17(13-18)14-19(30(21)10-2-1-8-26)16-31-22-15-28-9-5-20(22)24(23(31)32)6-11-29(12-7-24)35(27,33)34/h3-5,9,13-15H,1-2,6-8,10-12,16H2,(H2,27,33,34). The molecule has 2 aromatic heterocycles. The predicted octanol–water partition coefficient (Wildman–Crippen LogP) is 3.52. The van der Waals surface area contributed by atoms with Gasteiger partial charge in [-0.2, -0.15) is 12.7 Å². The number of alkyl halides is 1. The first-order valence-electron chi connectivity index (χ1n) is 11.6. The Kier molecular flexibility index (Phi) is 6.33. The van der Waals surface area contributed by atoms with Gasteiger partial charge in [-0.05, 0) is 61.6 Å². The third-order valence-electron chi connectivity index (χ3n) is 7.23. The normalized spacial score (nSPS) is 18.0. The van der Waals surface area contributed by atoms with Gasteiger partial charge in [-0.15, -0.1) is 0 Å². The number of carbonyl (C=O) groups excluding carboxylic acids is 1. The zero-order valence-electron chi connectivity index (χ0n) is 19.2. The summed E-state index contributed by atoms with van der Waals surface area (Å²) in [5, 5.41) is 6.91. The number of nitrogens with zero attached hydrogens (tertiary/aromatic N) is 4. The molecule has 1 fully saturated rings. The van der Waals surface area contributed by atoms with E-state index in [9.17, 15) is 17.6 Å². The van der Waals surface area contributed by atoms with Gasteiger partial charge in [-0.3, -0.25) is 14.2 Å². The van der Waals surface area contributed by atoms with Crippen molar-refractivity contribution in [3.05, 3.63) is 59.0 Å². The van der Waals surface area contributed by atoms with Crippen molar-refractivity contribution in [2.45, 2.75) is 44.2 Å². The van der Waals surface area contributed by atoms with Crippen LogP contribution in [0.15, 0.2) is 42.7 Å². The molecule has 1 saturated heterocycles. The van der Waals surface area contributed by atoms with Gasteiger partial charge in [-0.25, -0.2) is 5.14 Å². The maximum atomic E-state index is 14.0. The molecule has 0 atom stereocenters. The summed E-state index contributed by atoms with van der Waals surface area (Å²) in [5.74, 6) is -0.0619. The third kappa shape index (κ3) is 4.22. The van der Waals surface area contributed by atoms with Crippen molar-refractivity contribution in [2.75, 3.05) is 24.7 Å². The van der Waals surface area contributed by atoms with Crippen LogP contribution in [-0.4, -0.2) is 47.9 Å². The molecular formula is C24H27ClFN5O3S. The lowest BCUT2D eigenvalue weighted by Gasteiger charge is -2.37. The number of benzene rings is 1. The number of piperidine rings is 1. The molecule has 11 heteroatoms. The number of pyridine rings is 1. The summed E-state index contributed by atoms with van der Waals surface area (Å²) < 4.78 is 39.8. The van der Waals surface area contributed by atoms with Gasteiger partial charge in [-0.1, -0.05) is 11.6 Å². The van der Waals surface area contributed by atoms with E-state index in [2.05, 4.69) is 9.55 Å². The number of hydrogen-bond donors (Lipinski definition) is 1. The summed E-state index contributed by atoms with van der Waals surface area (Å²) in [6, 6.07) is 9.54. The van der Waals surface area contributed by atoms with Crippen molar-refractivity contribution in [1.82, 2.24) is 13.9 Å². The second kappa shape index (κ2) is 9.16. The first-order chi connectivity index (χ1) is 16.7. The lowest BCUT2D eigenvalue weighted by molar-refractivity contribution is -0.124. The number of anilines is 1. The molecule has 1 spiro atoms. The molecule has 0 aliphatic carbocycles. The number of nitrogens with two attached hydrogens (primary N) is 1. The second-order valence-electron chi connectivity index (χ2n) is 9.20. The zero-order valence-corrected chi connectivity index (χ0v) is 20.7. The summed E-state index contributed by atoms with van der Waals surface area (Å²) in [6.45, 7) is 0.938. The Hall–Kier alpha value is -2.53. The Balaban J connectivity index is 1.51. The topological polar surface area (TPSA) is 102 Å². The molecule has 4 heterocycles. The quantitative estimate of drug-likeness (QED) is 0.482. The number of fused-ring (bicyclic) bond motifs is 3. The van der Waals surface area contributed by atoms with Gasteiger partial charge < -0.3 is 9.47 Å². The minimum atomic E-state index is -3.81. The van der Waals surface area contributed by atoms with E-state index in [1.807, 2.05) is 30.3 Å². The Morgan fingerprint density at radius 3 is 2.63 bits per heavy atom. The maximum absolute atomic E-state index is 14.0. The van der Waals surface area contributed by atoms with Crippen molar-refractivity contribution >= 4 is 44.3 Å². The average Bonchev–Trinajstić information content (AvgIpc) is 3.27. The summed E-state index contributed by atoms with van der Waals surface area (Å²) in [4.78, 5) is 20.0. The fourth-order valence-corrected chi connectivity index (χ4v) is 6.34. The first kappa shape index (κ1) is 24.2. The van der Waals surface area contributed by atoms with Gasteiger partial charge in [0.2, 0.25) is 5.91 Å². The fraction of sp³-hybridized carbons (Fsp3) is 0.417. The average molecular weight is 520 g/mol. The molecule has 8 nitrogen and oxygen atoms in total. The van der Waals surface area contributed by atoms with Crippen LogP contribution in [-0.2, 0) is 33.5 Å². The largest absolute Gasteiger partial charge is 0.343 e. The van der Waals surface area contributed by atoms with Gasteiger partial charge in [0.25, 0.3) is 10.2 Å². The molecule has 186 valence electrons. The van der Waals surface area contributed by atoms with Crippen molar-refractivity contribution < 1.29 is 17.6 Å². The molecule has 1 amide bonds. The molecule has 2 aliphatic rings. The van der Waals surface area contributed by atoms with Crippen molar-refractivity contribution in [2.24, 2.45) is 5.14 Å². The third-order valence-corrected chi connectivity index (χ3v) is 8.55. The van der Waals surface area contributed by atoms with E-state index >= 15 is 0 Å². The van der Waals surface area contributed by atoms with Gasteiger partial charge >= 0.3 is 0 Å². The van der Waals surface area contributed by atoms with Crippen LogP contribution in [0.4, 0.5) is 10.1 Å². The molecule has 0 bridgehead atoms. The number of unbranched alkanes of at least 4 members (excludes halogenated alkanes) is 1. The molecule has 3 aromatic rings. The van der Waals surface area contributed by atoms with Crippen LogP contribution >= 0.6 is 11.6 Å². The maximum Gasteiger partial charge on any atom is 0.276 e. The van der Waals surface area contributed by atoms with Crippen molar-refractivity contribution in [3.63, 3.8) is 0 Å². The van der Waals surface area contributed by atoms with Crippen LogP contribution in [0.2, 0.25) is 5.02 Å². The highest BCUT2D eigenvalue weighted by Gasteiger charge is 2.53. The van der Waals surface area contributed by atoms with Crippen LogP contribution in [0.1, 0.15) is 36.9 Å². The Morgan fingerprint density at radius 1 is 1.14 bits per heavy atom. The number of hydrogen-bond acceptors (Lipinski definition) is 4.